The standard InChI is InChI=1S/C18H35N3/c1-16(14-19-18(2,3)4)15-20-12-8-17(9-13-20)21-10-6-5-7-11-21/h17,19H,1,5-15H2,2-4H3. The Hall–Kier alpha value is -0.380. The summed E-state index contributed by atoms with van der Waals surface area (Å²) in [6, 6.07) is 0.850. The molecule has 0 atom stereocenters. The zero-order valence-corrected chi connectivity index (χ0v) is 14.5. The molecule has 2 aliphatic heterocycles. The van der Waals surface area contributed by atoms with E-state index in [1.165, 1.54) is 63.9 Å². The van der Waals surface area contributed by atoms with Crippen molar-refractivity contribution in [2.45, 2.75) is 64.5 Å². The summed E-state index contributed by atoms with van der Waals surface area (Å²) < 4.78 is 0. The molecule has 0 bridgehead atoms. The van der Waals surface area contributed by atoms with Gasteiger partial charge in [0.25, 0.3) is 0 Å². The molecule has 0 spiro atoms. The molecule has 2 rings (SSSR count). The number of hydrogen-bond donors (Lipinski definition) is 1. The molecule has 1 N–H and O–H groups in total. The summed E-state index contributed by atoms with van der Waals surface area (Å²) in [6.07, 6.45) is 6.96. The third-order valence-corrected chi connectivity index (χ3v) is 4.78. The second-order valence-electron chi connectivity index (χ2n) is 7.96. The molecule has 2 fully saturated rings. The van der Waals surface area contributed by atoms with Gasteiger partial charge in [0.2, 0.25) is 0 Å². The Morgan fingerprint density at radius 1 is 1.05 bits per heavy atom. The summed E-state index contributed by atoms with van der Waals surface area (Å²) in [5.41, 5.74) is 1.51. The monoisotopic (exact) mass is 293 g/mol. The highest BCUT2D eigenvalue weighted by molar-refractivity contribution is 5.02. The first kappa shape index (κ1) is 17.0. The van der Waals surface area contributed by atoms with Crippen molar-refractivity contribution in [3.05, 3.63) is 12.2 Å². The van der Waals surface area contributed by atoms with Crippen molar-refractivity contribution in [1.29, 1.82) is 0 Å². The van der Waals surface area contributed by atoms with Crippen molar-refractivity contribution in [2.75, 3.05) is 39.3 Å². The quantitative estimate of drug-likeness (QED) is 0.786. The summed E-state index contributed by atoms with van der Waals surface area (Å²) in [5.74, 6) is 0. The van der Waals surface area contributed by atoms with Gasteiger partial charge in [-0.25, -0.2) is 0 Å². The van der Waals surface area contributed by atoms with Crippen LogP contribution in [0.5, 0.6) is 0 Å². The molecule has 2 aliphatic rings. The Kier molecular flexibility index (Phi) is 6.27. The van der Waals surface area contributed by atoms with Crippen LogP contribution in [-0.2, 0) is 0 Å². The van der Waals surface area contributed by atoms with E-state index in [9.17, 15) is 0 Å². The number of piperidine rings is 2. The van der Waals surface area contributed by atoms with Gasteiger partial charge in [0, 0.05) is 24.7 Å². The highest BCUT2D eigenvalue weighted by atomic mass is 15.2. The van der Waals surface area contributed by atoms with Crippen molar-refractivity contribution in [2.24, 2.45) is 0 Å². The third kappa shape index (κ3) is 6.09. The molecule has 0 aromatic heterocycles. The smallest absolute Gasteiger partial charge is 0.0202 e. The Bertz CT molecular complexity index is 318. The molecule has 0 amide bonds. The Balaban J connectivity index is 1.65. The first-order valence-corrected chi connectivity index (χ1v) is 8.82. The lowest BCUT2D eigenvalue weighted by Crippen LogP contribution is -2.47. The van der Waals surface area contributed by atoms with E-state index in [0.717, 1.165) is 19.1 Å². The van der Waals surface area contributed by atoms with Gasteiger partial charge in [-0.05, 0) is 78.2 Å². The summed E-state index contributed by atoms with van der Waals surface area (Å²) in [7, 11) is 0. The van der Waals surface area contributed by atoms with E-state index in [4.69, 9.17) is 0 Å². The van der Waals surface area contributed by atoms with E-state index in [-0.39, 0.29) is 5.54 Å². The van der Waals surface area contributed by atoms with Crippen LogP contribution in [0.15, 0.2) is 12.2 Å². The second-order valence-corrected chi connectivity index (χ2v) is 7.96. The molecule has 0 radical (unpaired) electrons. The van der Waals surface area contributed by atoms with Crippen molar-refractivity contribution in [3.8, 4) is 0 Å². The number of rotatable bonds is 5. The molecule has 0 unspecified atom stereocenters. The zero-order chi connectivity index (χ0) is 15.3. The maximum absolute atomic E-state index is 4.25. The van der Waals surface area contributed by atoms with E-state index >= 15 is 0 Å². The Labute approximate surface area is 131 Å². The molecular weight excluding hydrogens is 258 g/mol. The summed E-state index contributed by atoms with van der Waals surface area (Å²) in [5, 5.41) is 3.54. The number of hydrogen-bond acceptors (Lipinski definition) is 3. The highest BCUT2D eigenvalue weighted by Gasteiger charge is 2.25. The van der Waals surface area contributed by atoms with Gasteiger partial charge in [0.05, 0.1) is 0 Å². The fourth-order valence-corrected chi connectivity index (χ4v) is 3.49. The van der Waals surface area contributed by atoms with E-state index in [0.29, 0.717) is 0 Å². The molecular formula is C18H35N3. The van der Waals surface area contributed by atoms with Gasteiger partial charge >= 0.3 is 0 Å². The average Bonchev–Trinajstić information content (AvgIpc) is 2.46. The summed E-state index contributed by atoms with van der Waals surface area (Å²) >= 11 is 0. The van der Waals surface area contributed by atoms with Crippen LogP contribution in [0.3, 0.4) is 0 Å². The van der Waals surface area contributed by atoms with Crippen LogP contribution in [0.25, 0.3) is 0 Å². The SMILES string of the molecule is C=C(CNC(C)(C)C)CN1CCC(N2CCCCC2)CC1. The van der Waals surface area contributed by atoms with Crippen LogP contribution < -0.4 is 5.32 Å². The van der Waals surface area contributed by atoms with E-state index in [1.807, 2.05) is 0 Å². The minimum absolute atomic E-state index is 0.185. The van der Waals surface area contributed by atoms with Gasteiger partial charge in [-0.1, -0.05) is 13.0 Å². The van der Waals surface area contributed by atoms with Crippen molar-refractivity contribution < 1.29 is 0 Å². The zero-order valence-electron chi connectivity index (χ0n) is 14.5. The van der Waals surface area contributed by atoms with Gasteiger partial charge in [0.1, 0.15) is 0 Å². The van der Waals surface area contributed by atoms with Gasteiger partial charge < -0.3 is 10.2 Å². The van der Waals surface area contributed by atoms with Crippen LogP contribution in [0.4, 0.5) is 0 Å². The lowest BCUT2D eigenvalue weighted by Gasteiger charge is -2.40. The number of nitrogens with one attached hydrogen (secondary N) is 1. The predicted octanol–water partition coefficient (Wildman–Crippen LogP) is 2.88. The van der Waals surface area contributed by atoms with E-state index in [1.54, 1.807) is 0 Å². The predicted molar refractivity (Wildman–Crippen MR) is 91.8 cm³/mol. The van der Waals surface area contributed by atoms with Crippen molar-refractivity contribution in [3.63, 3.8) is 0 Å². The van der Waals surface area contributed by atoms with Gasteiger partial charge in [-0.3, -0.25) is 4.90 Å². The van der Waals surface area contributed by atoms with Crippen LogP contribution in [0.2, 0.25) is 0 Å². The van der Waals surface area contributed by atoms with Gasteiger partial charge in [0.15, 0.2) is 0 Å². The lowest BCUT2D eigenvalue weighted by atomic mass is 9.99. The molecule has 21 heavy (non-hydrogen) atoms. The fourth-order valence-electron chi connectivity index (χ4n) is 3.49. The first-order valence-electron chi connectivity index (χ1n) is 8.82. The molecule has 0 aromatic rings. The Morgan fingerprint density at radius 3 is 2.24 bits per heavy atom. The van der Waals surface area contributed by atoms with Gasteiger partial charge in [-0.15, -0.1) is 0 Å². The average molecular weight is 293 g/mol. The minimum Gasteiger partial charge on any atom is -0.308 e. The normalized spacial score (nSPS) is 23.4. The van der Waals surface area contributed by atoms with Crippen molar-refractivity contribution >= 4 is 0 Å². The van der Waals surface area contributed by atoms with Crippen molar-refractivity contribution in [1.82, 2.24) is 15.1 Å². The maximum atomic E-state index is 4.25. The van der Waals surface area contributed by atoms with Gasteiger partial charge in [-0.2, -0.15) is 0 Å². The molecule has 0 aliphatic carbocycles. The van der Waals surface area contributed by atoms with Crippen LogP contribution in [0.1, 0.15) is 52.9 Å². The molecule has 3 nitrogen and oxygen atoms in total. The van der Waals surface area contributed by atoms with E-state index < -0.39 is 0 Å². The second kappa shape index (κ2) is 7.75. The number of nitrogens with zero attached hydrogens (tertiary/aromatic N) is 2. The third-order valence-electron chi connectivity index (χ3n) is 4.78. The number of likely N-dealkylation sites (tertiary alicyclic amines) is 2. The summed E-state index contributed by atoms with van der Waals surface area (Å²) in [6.45, 7) is 18.1. The van der Waals surface area contributed by atoms with Crippen LogP contribution in [0, 0.1) is 0 Å². The molecule has 0 aromatic carbocycles. The largest absolute Gasteiger partial charge is 0.308 e. The van der Waals surface area contributed by atoms with E-state index in [2.05, 4.69) is 42.5 Å². The minimum atomic E-state index is 0.185. The summed E-state index contributed by atoms with van der Waals surface area (Å²) in [4.78, 5) is 5.34. The topological polar surface area (TPSA) is 18.5 Å². The highest BCUT2D eigenvalue weighted by Crippen LogP contribution is 2.21. The molecule has 122 valence electrons. The first-order chi connectivity index (χ1) is 9.94. The fraction of sp³-hybridized carbons (Fsp3) is 0.889. The van der Waals surface area contributed by atoms with Crippen LogP contribution >= 0.6 is 0 Å². The van der Waals surface area contributed by atoms with Crippen LogP contribution in [-0.4, -0.2) is 60.6 Å². The lowest BCUT2D eigenvalue weighted by molar-refractivity contribution is 0.0962. The maximum Gasteiger partial charge on any atom is 0.0202 e. The molecule has 3 heteroatoms. The molecule has 2 heterocycles. The molecule has 2 saturated heterocycles. The molecule has 0 saturated carbocycles. The Morgan fingerprint density at radius 2 is 1.67 bits per heavy atom.